The first-order valence-corrected chi connectivity index (χ1v) is 7.74. The van der Waals surface area contributed by atoms with Gasteiger partial charge in [0.15, 0.2) is 0 Å². The lowest BCUT2D eigenvalue weighted by molar-refractivity contribution is 0.102. The Kier molecular flexibility index (Phi) is 4.19. The summed E-state index contributed by atoms with van der Waals surface area (Å²) in [6.07, 6.45) is 2.06. The van der Waals surface area contributed by atoms with Crippen LogP contribution < -0.4 is 5.32 Å². The SMILES string of the molecule is O=C(Nc1ccc(S(=O)(=O)Cl)c(F)c1)c1cncc(F)c1. The molecule has 1 N–H and O–H groups in total. The van der Waals surface area contributed by atoms with Crippen molar-refractivity contribution in [2.24, 2.45) is 0 Å². The van der Waals surface area contributed by atoms with Gasteiger partial charge in [-0.05, 0) is 24.3 Å². The number of carbonyl (C=O) groups is 1. The number of nitrogens with zero attached hydrogens (tertiary/aromatic N) is 1. The van der Waals surface area contributed by atoms with E-state index in [0.29, 0.717) is 0 Å². The van der Waals surface area contributed by atoms with Gasteiger partial charge in [0.25, 0.3) is 15.0 Å². The number of amides is 1. The van der Waals surface area contributed by atoms with Gasteiger partial charge >= 0.3 is 0 Å². The molecular weight excluding hydrogens is 326 g/mol. The number of hydrogen-bond donors (Lipinski definition) is 1. The van der Waals surface area contributed by atoms with E-state index in [4.69, 9.17) is 10.7 Å². The molecule has 2 aromatic rings. The highest BCUT2D eigenvalue weighted by Crippen LogP contribution is 2.22. The molecule has 110 valence electrons. The van der Waals surface area contributed by atoms with Crippen LogP contribution in [-0.2, 0) is 9.05 Å². The smallest absolute Gasteiger partial charge is 0.264 e. The molecule has 0 unspecified atom stereocenters. The van der Waals surface area contributed by atoms with Crippen LogP contribution in [0.3, 0.4) is 0 Å². The predicted molar refractivity (Wildman–Crippen MR) is 71.6 cm³/mol. The van der Waals surface area contributed by atoms with Crippen molar-refractivity contribution in [3.63, 3.8) is 0 Å². The van der Waals surface area contributed by atoms with Gasteiger partial charge in [-0.1, -0.05) is 0 Å². The van der Waals surface area contributed by atoms with Gasteiger partial charge in [0, 0.05) is 22.6 Å². The summed E-state index contributed by atoms with van der Waals surface area (Å²) in [5, 5.41) is 2.28. The third kappa shape index (κ3) is 3.73. The summed E-state index contributed by atoms with van der Waals surface area (Å²) in [6.45, 7) is 0. The van der Waals surface area contributed by atoms with Crippen LogP contribution in [0, 0.1) is 11.6 Å². The Hall–Kier alpha value is -2.06. The molecule has 9 heteroatoms. The Balaban J connectivity index is 2.25. The predicted octanol–water partition coefficient (Wildman–Crippen LogP) is 2.54. The van der Waals surface area contributed by atoms with Crippen LogP contribution in [0.2, 0.25) is 0 Å². The van der Waals surface area contributed by atoms with Crippen molar-refractivity contribution in [2.75, 3.05) is 5.32 Å². The second kappa shape index (κ2) is 5.74. The summed E-state index contributed by atoms with van der Waals surface area (Å²) in [4.78, 5) is 14.6. The van der Waals surface area contributed by atoms with Crippen LogP contribution in [0.1, 0.15) is 10.4 Å². The standard InChI is InChI=1S/C12H7ClF2N2O3S/c13-21(19,20)11-2-1-9(4-10(11)15)17-12(18)7-3-8(14)6-16-5-7/h1-6H,(H,17,18). The van der Waals surface area contributed by atoms with E-state index in [1.807, 2.05) is 0 Å². The molecule has 0 atom stereocenters. The minimum atomic E-state index is -4.21. The van der Waals surface area contributed by atoms with Crippen LogP contribution in [0.5, 0.6) is 0 Å². The summed E-state index contributed by atoms with van der Waals surface area (Å²) < 4.78 is 48.6. The number of rotatable bonds is 3. The molecule has 1 aromatic carbocycles. The number of halogens is 3. The van der Waals surface area contributed by atoms with E-state index < -0.39 is 31.5 Å². The minimum absolute atomic E-state index is 0.00849. The first-order chi connectivity index (χ1) is 9.77. The quantitative estimate of drug-likeness (QED) is 0.876. The van der Waals surface area contributed by atoms with Gasteiger partial charge in [0.2, 0.25) is 0 Å². The van der Waals surface area contributed by atoms with E-state index in [2.05, 4.69) is 10.3 Å². The topological polar surface area (TPSA) is 76.1 Å². The highest BCUT2D eigenvalue weighted by Gasteiger charge is 2.17. The summed E-state index contributed by atoms with van der Waals surface area (Å²) >= 11 is 0. The zero-order valence-corrected chi connectivity index (χ0v) is 11.8. The lowest BCUT2D eigenvalue weighted by atomic mass is 10.2. The Morgan fingerprint density at radius 3 is 2.48 bits per heavy atom. The van der Waals surface area contributed by atoms with E-state index in [-0.39, 0.29) is 11.3 Å². The van der Waals surface area contributed by atoms with Gasteiger partial charge in [0.1, 0.15) is 16.5 Å². The van der Waals surface area contributed by atoms with Crippen LogP contribution >= 0.6 is 10.7 Å². The molecule has 0 aliphatic rings. The molecule has 21 heavy (non-hydrogen) atoms. The average molecular weight is 333 g/mol. The molecule has 0 aliphatic heterocycles. The molecule has 1 aromatic heterocycles. The van der Waals surface area contributed by atoms with Crippen molar-refractivity contribution < 1.29 is 22.0 Å². The number of hydrogen-bond acceptors (Lipinski definition) is 4. The van der Waals surface area contributed by atoms with Crippen molar-refractivity contribution in [2.45, 2.75) is 4.90 Å². The number of aromatic nitrogens is 1. The van der Waals surface area contributed by atoms with Gasteiger partial charge in [0.05, 0.1) is 11.8 Å². The minimum Gasteiger partial charge on any atom is -0.322 e. The van der Waals surface area contributed by atoms with Crippen LogP contribution in [-0.4, -0.2) is 19.3 Å². The molecule has 0 aliphatic carbocycles. The highest BCUT2D eigenvalue weighted by atomic mass is 35.7. The van der Waals surface area contributed by atoms with Gasteiger partial charge < -0.3 is 5.32 Å². The van der Waals surface area contributed by atoms with Gasteiger partial charge in [-0.15, -0.1) is 0 Å². The Morgan fingerprint density at radius 1 is 1.19 bits per heavy atom. The van der Waals surface area contributed by atoms with E-state index in [1.165, 1.54) is 0 Å². The van der Waals surface area contributed by atoms with Crippen LogP contribution in [0.4, 0.5) is 14.5 Å². The first-order valence-electron chi connectivity index (χ1n) is 5.43. The molecule has 0 saturated carbocycles. The molecule has 0 saturated heterocycles. The van der Waals surface area contributed by atoms with Gasteiger partial charge in [-0.25, -0.2) is 17.2 Å². The number of nitrogens with one attached hydrogen (secondary N) is 1. The van der Waals surface area contributed by atoms with Crippen molar-refractivity contribution in [1.29, 1.82) is 0 Å². The number of pyridine rings is 1. The van der Waals surface area contributed by atoms with Crippen molar-refractivity contribution >= 4 is 31.3 Å². The maximum atomic E-state index is 13.6. The van der Waals surface area contributed by atoms with Crippen molar-refractivity contribution in [3.8, 4) is 0 Å². The second-order valence-electron chi connectivity index (χ2n) is 3.93. The normalized spacial score (nSPS) is 11.2. The number of benzene rings is 1. The van der Waals surface area contributed by atoms with Gasteiger partial charge in [-0.3, -0.25) is 9.78 Å². The van der Waals surface area contributed by atoms with E-state index in [0.717, 1.165) is 36.7 Å². The summed E-state index contributed by atoms with van der Waals surface area (Å²) in [7, 11) is 0.819. The third-order valence-corrected chi connectivity index (χ3v) is 3.77. The summed E-state index contributed by atoms with van der Waals surface area (Å²) in [5.41, 5.74) is -0.0738. The van der Waals surface area contributed by atoms with Crippen LogP contribution in [0.15, 0.2) is 41.6 Å². The molecule has 0 spiro atoms. The second-order valence-corrected chi connectivity index (χ2v) is 6.46. The maximum absolute atomic E-state index is 13.6. The largest absolute Gasteiger partial charge is 0.322 e. The Labute approximate surface area is 123 Å². The number of anilines is 1. The highest BCUT2D eigenvalue weighted by molar-refractivity contribution is 8.13. The molecule has 1 heterocycles. The zero-order chi connectivity index (χ0) is 15.6. The lowest BCUT2D eigenvalue weighted by Crippen LogP contribution is -2.13. The fraction of sp³-hybridized carbons (Fsp3) is 0. The lowest BCUT2D eigenvalue weighted by Gasteiger charge is -2.06. The molecule has 2 rings (SSSR count). The van der Waals surface area contributed by atoms with Crippen LogP contribution in [0.25, 0.3) is 0 Å². The molecule has 1 amide bonds. The summed E-state index contributed by atoms with van der Waals surface area (Å²) in [5.74, 6) is -2.53. The molecule has 0 bridgehead atoms. The zero-order valence-electron chi connectivity index (χ0n) is 10.2. The number of carbonyl (C=O) groups excluding carboxylic acids is 1. The van der Waals surface area contributed by atoms with Gasteiger partial charge in [-0.2, -0.15) is 0 Å². The molecule has 5 nitrogen and oxygen atoms in total. The molecule has 0 fully saturated rings. The molecular formula is C12H7ClF2N2O3S. The van der Waals surface area contributed by atoms with E-state index in [1.54, 1.807) is 0 Å². The Morgan fingerprint density at radius 2 is 1.90 bits per heavy atom. The Bertz CT molecular complexity index is 812. The fourth-order valence-corrected chi connectivity index (χ4v) is 2.41. The monoisotopic (exact) mass is 332 g/mol. The van der Waals surface area contributed by atoms with Crippen molar-refractivity contribution in [1.82, 2.24) is 4.98 Å². The fourth-order valence-electron chi connectivity index (χ4n) is 1.52. The third-order valence-electron chi connectivity index (χ3n) is 2.42. The van der Waals surface area contributed by atoms with E-state index in [9.17, 15) is 22.0 Å². The van der Waals surface area contributed by atoms with E-state index >= 15 is 0 Å². The summed E-state index contributed by atoms with van der Waals surface area (Å²) in [6, 6.07) is 3.82. The first kappa shape index (κ1) is 15.3. The average Bonchev–Trinajstić information content (AvgIpc) is 2.37. The van der Waals surface area contributed by atoms with Crippen molar-refractivity contribution in [3.05, 3.63) is 53.9 Å². The molecule has 0 radical (unpaired) electrons. The maximum Gasteiger partial charge on any atom is 0.264 e.